The van der Waals surface area contributed by atoms with Gasteiger partial charge < -0.3 is 15.5 Å². The molecule has 1 saturated carbocycles. The molecule has 2 aliphatic rings. The number of hydrogen-bond donors (Lipinski definition) is 2. The molecule has 0 aromatic rings. The van der Waals surface area contributed by atoms with Gasteiger partial charge in [-0.25, -0.2) is 0 Å². The fourth-order valence-corrected chi connectivity index (χ4v) is 2.94. The van der Waals surface area contributed by atoms with Gasteiger partial charge >= 0.3 is 0 Å². The average Bonchev–Trinajstić information content (AvgIpc) is 3.22. The van der Waals surface area contributed by atoms with Crippen molar-refractivity contribution in [3.05, 3.63) is 0 Å². The topological polar surface area (TPSA) is 60.0 Å². The number of nitrogens with one attached hydrogen (secondary N) is 2. The first kappa shape index (κ1) is 20.5. The Kier molecular flexibility index (Phi) is 9.19. The van der Waals surface area contributed by atoms with Gasteiger partial charge in [0.25, 0.3) is 0 Å². The van der Waals surface area contributed by atoms with Crippen LogP contribution in [0.1, 0.15) is 32.1 Å². The van der Waals surface area contributed by atoms with E-state index in [0.717, 1.165) is 57.3 Å². The summed E-state index contributed by atoms with van der Waals surface area (Å²) in [7, 11) is 5.50. The Morgan fingerprint density at radius 3 is 2.61 bits per heavy atom. The number of carbonyl (C=O) groups is 1. The maximum atomic E-state index is 12.1. The molecular weight excluding hydrogens is 405 g/mol. The van der Waals surface area contributed by atoms with Crippen molar-refractivity contribution in [2.24, 2.45) is 10.9 Å². The number of guanidine groups is 1. The largest absolute Gasteiger partial charge is 0.356 e. The van der Waals surface area contributed by atoms with Gasteiger partial charge in [0.15, 0.2) is 5.96 Å². The Hall–Kier alpha value is -0.570. The highest BCUT2D eigenvalue weighted by atomic mass is 127. The lowest BCUT2D eigenvalue weighted by Gasteiger charge is -2.26. The van der Waals surface area contributed by atoms with Gasteiger partial charge in [-0.1, -0.05) is 0 Å². The van der Waals surface area contributed by atoms with Gasteiger partial charge in [0.1, 0.15) is 0 Å². The van der Waals surface area contributed by atoms with Crippen LogP contribution in [0.3, 0.4) is 0 Å². The molecule has 0 aromatic carbocycles. The molecule has 134 valence electrons. The number of rotatable bonds is 7. The van der Waals surface area contributed by atoms with E-state index in [9.17, 15) is 4.79 Å². The zero-order chi connectivity index (χ0) is 15.9. The van der Waals surface area contributed by atoms with Crippen LogP contribution >= 0.6 is 24.0 Å². The molecule has 2 rings (SSSR count). The summed E-state index contributed by atoms with van der Waals surface area (Å²) in [6.45, 7) is 3.94. The fourth-order valence-electron chi connectivity index (χ4n) is 2.94. The van der Waals surface area contributed by atoms with Crippen LogP contribution in [0, 0.1) is 5.92 Å². The van der Waals surface area contributed by atoms with Crippen LogP contribution < -0.4 is 10.6 Å². The Balaban J connectivity index is 0.00000264. The van der Waals surface area contributed by atoms with Gasteiger partial charge in [-0.3, -0.25) is 14.7 Å². The van der Waals surface area contributed by atoms with Crippen LogP contribution in [0.4, 0.5) is 0 Å². The van der Waals surface area contributed by atoms with E-state index in [0.29, 0.717) is 0 Å². The Morgan fingerprint density at radius 2 is 2.00 bits per heavy atom. The number of halogens is 1. The zero-order valence-electron chi connectivity index (χ0n) is 14.7. The Bertz CT molecular complexity index is 398. The van der Waals surface area contributed by atoms with Crippen LogP contribution in [0.15, 0.2) is 4.99 Å². The van der Waals surface area contributed by atoms with E-state index in [4.69, 9.17) is 0 Å². The van der Waals surface area contributed by atoms with E-state index in [1.54, 1.807) is 4.90 Å². The first-order chi connectivity index (χ1) is 10.6. The summed E-state index contributed by atoms with van der Waals surface area (Å²) >= 11 is 0. The lowest BCUT2D eigenvalue weighted by Crippen LogP contribution is -2.44. The van der Waals surface area contributed by atoms with E-state index >= 15 is 0 Å². The predicted molar refractivity (Wildman–Crippen MR) is 105 cm³/mol. The van der Waals surface area contributed by atoms with E-state index in [1.807, 2.05) is 21.1 Å². The Morgan fingerprint density at radius 1 is 1.26 bits per heavy atom. The number of carbonyl (C=O) groups excluding carboxylic acids is 1. The third-order valence-electron chi connectivity index (χ3n) is 4.48. The maximum absolute atomic E-state index is 12.1. The predicted octanol–water partition coefficient (Wildman–Crippen LogP) is 1.12. The highest BCUT2D eigenvalue weighted by molar-refractivity contribution is 14.0. The lowest BCUT2D eigenvalue weighted by atomic mass is 10.2. The standard InChI is InChI=1S/C16H31N5O.HI/c1-17-16(19-12-13-7-8-13)18-9-5-11-21-10-4-6-14(21)15(22)20(2)3;/h13-14H,4-12H2,1-3H3,(H2,17,18,19);1H. The van der Waals surface area contributed by atoms with Gasteiger partial charge in [0.2, 0.25) is 5.91 Å². The lowest BCUT2D eigenvalue weighted by molar-refractivity contribution is -0.133. The first-order valence-corrected chi connectivity index (χ1v) is 8.51. The average molecular weight is 437 g/mol. The van der Waals surface area contributed by atoms with Crippen molar-refractivity contribution in [3.8, 4) is 0 Å². The van der Waals surface area contributed by atoms with Crippen molar-refractivity contribution < 1.29 is 4.79 Å². The van der Waals surface area contributed by atoms with E-state index in [2.05, 4.69) is 20.5 Å². The molecule has 0 radical (unpaired) electrons. The SMILES string of the molecule is CN=C(NCCCN1CCCC1C(=O)N(C)C)NCC1CC1.I. The van der Waals surface area contributed by atoms with E-state index in [1.165, 1.54) is 12.8 Å². The third kappa shape index (κ3) is 6.82. The zero-order valence-corrected chi connectivity index (χ0v) is 17.0. The minimum atomic E-state index is 0. The molecule has 0 bridgehead atoms. The molecule has 1 aliphatic carbocycles. The summed E-state index contributed by atoms with van der Waals surface area (Å²) in [6, 6.07) is 0.0855. The first-order valence-electron chi connectivity index (χ1n) is 8.51. The highest BCUT2D eigenvalue weighted by Gasteiger charge is 2.30. The van der Waals surface area contributed by atoms with Crippen molar-refractivity contribution >= 4 is 35.8 Å². The number of likely N-dealkylation sites (tertiary alicyclic amines) is 1. The molecule has 1 aliphatic heterocycles. The van der Waals surface area contributed by atoms with Crippen molar-refractivity contribution in [1.29, 1.82) is 0 Å². The quantitative estimate of drug-likeness (QED) is 0.271. The summed E-state index contributed by atoms with van der Waals surface area (Å²) in [6.07, 6.45) is 5.85. The minimum Gasteiger partial charge on any atom is -0.356 e. The van der Waals surface area contributed by atoms with Crippen molar-refractivity contribution in [1.82, 2.24) is 20.4 Å². The molecule has 1 atom stereocenters. The van der Waals surface area contributed by atoms with Crippen molar-refractivity contribution in [2.45, 2.75) is 38.1 Å². The molecular formula is C16H32IN5O. The van der Waals surface area contributed by atoms with Crippen LogP contribution in [-0.2, 0) is 4.79 Å². The molecule has 6 nitrogen and oxygen atoms in total. The molecule has 2 fully saturated rings. The smallest absolute Gasteiger partial charge is 0.239 e. The molecule has 1 heterocycles. The van der Waals surface area contributed by atoms with Crippen LogP contribution in [0.2, 0.25) is 0 Å². The molecule has 1 unspecified atom stereocenters. The van der Waals surface area contributed by atoms with Gasteiger partial charge in [-0.15, -0.1) is 24.0 Å². The van der Waals surface area contributed by atoms with Gasteiger partial charge in [0, 0.05) is 40.8 Å². The molecule has 1 saturated heterocycles. The molecule has 7 heteroatoms. The van der Waals surface area contributed by atoms with E-state index < -0.39 is 0 Å². The van der Waals surface area contributed by atoms with Crippen molar-refractivity contribution in [3.63, 3.8) is 0 Å². The second-order valence-electron chi connectivity index (χ2n) is 6.60. The number of likely N-dealkylation sites (N-methyl/N-ethyl adjacent to an activating group) is 1. The molecule has 23 heavy (non-hydrogen) atoms. The normalized spacial score (nSPS) is 21.7. The fraction of sp³-hybridized carbons (Fsp3) is 0.875. The maximum Gasteiger partial charge on any atom is 0.239 e. The summed E-state index contributed by atoms with van der Waals surface area (Å²) in [5.74, 6) is 1.99. The summed E-state index contributed by atoms with van der Waals surface area (Å²) in [5.41, 5.74) is 0. The number of amides is 1. The minimum absolute atomic E-state index is 0. The molecule has 2 N–H and O–H groups in total. The van der Waals surface area contributed by atoms with Gasteiger partial charge in [-0.05, 0) is 44.6 Å². The van der Waals surface area contributed by atoms with Gasteiger partial charge in [0.05, 0.1) is 6.04 Å². The molecule has 0 aromatic heterocycles. The molecule has 0 spiro atoms. The highest BCUT2D eigenvalue weighted by Crippen LogP contribution is 2.27. The van der Waals surface area contributed by atoms with Crippen LogP contribution in [0.5, 0.6) is 0 Å². The second-order valence-corrected chi connectivity index (χ2v) is 6.60. The summed E-state index contributed by atoms with van der Waals surface area (Å²) in [4.78, 5) is 20.4. The van der Waals surface area contributed by atoms with Gasteiger partial charge in [-0.2, -0.15) is 0 Å². The number of nitrogens with zero attached hydrogens (tertiary/aromatic N) is 3. The van der Waals surface area contributed by atoms with Crippen LogP contribution in [-0.4, -0.2) is 75.0 Å². The van der Waals surface area contributed by atoms with Crippen molar-refractivity contribution in [2.75, 3.05) is 47.3 Å². The second kappa shape index (κ2) is 10.3. The summed E-state index contributed by atoms with van der Waals surface area (Å²) in [5, 5.41) is 6.73. The number of hydrogen-bond acceptors (Lipinski definition) is 3. The summed E-state index contributed by atoms with van der Waals surface area (Å²) < 4.78 is 0. The van der Waals surface area contributed by atoms with Crippen LogP contribution in [0.25, 0.3) is 0 Å². The van der Waals surface area contributed by atoms with E-state index in [-0.39, 0.29) is 35.9 Å². The monoisotopic (exact) mass is 437 g/mol. The third-order valence-corrected chi connectivity index (χ3v) is 4.48. The molecule has 1 amide bonds. The Labute approximate surface area is 157 Å². The number of aliphatic imine (C=N–C) groups is 1.